The van der Waals surface area contributed by atoms with Gasteiger partial charge in [0, 0.05) is 43.4 Å². The molecule has 0 amide bonds. The summed E-state index contributed by atoms with van der Waals surface area (Å²) >= 11 is 7.83. The van der Waals surface area contributed by atoms with Gasteiger partial charge in [0.15, 0.2) is 0 Å². The minimum atomic E-state index is 0.313. The summed E-state index contributed by atoms with van der Waals surface area (Å²) in [6.07, 6.45) is 3.56. The highest BCUT2D eigenvalue weighted by Crippen LogP contribution is 2.36. The minimum absolute atomic E-state index is 0.313. The van der Waals surface area contributed by atoms with Gasteiger partial charge in [-0.25, -0.2) is 15.0 Å². The van der Waals surface area contributed by atoms with Crippen LogP contribution in [-0.2, 0) is 0 Å². The molecule has 0 N–H and O–H groups in total. The van der Waals surface area contributed by atoms with Crippen molar-refractivity contribution in [1.29, 1.82) is 0 Å². The number of nitrogens with zero attached hydrogens (tertiary/aromatic N) is 6. The van der Waals surface area contributed by atoms with Gasteiger partial charge in [-0.3, -0.25) is 0 Å². The Morgan fingerprint density at radius 1 is 1.00 bits per heavy atom. The van der Waals surface area contributed by atoms with E-state index in [1.165, 1.54) is 10.4 Å². The Morgan fingerprint density at radius 3 is 2.38 bits per heavy atom. The summed E-state index contributed by atoms with van der Waals surface area (Å²) in [6, 6.07) is 1.83. The average molecular weight is 361 g/mol. The zero-order chi connectivity index (χ0) is 16.7. The maximum atomic E-state index is 6.16. The molecule has 0 atom stereocenters. The van der Waals surface area contributed by atoms with Crippen molar-refractivity contribution in [3.8, 4) is 0 Å². The third-order valence-corrected chi connectivity index (χ3v) is 5.67. The summed E-state index contributed by atoms with van der Waals surface area (Å²) in [4.78, 5) is 24.3. The van der Waals surface area contributed by atoms with Crippen LogP contribution >= 0.6 is 22.9 Å². The van der Waals surface area contributed by atoms with Crippen molar-refractivity contribution in [3.63, 3.8) is 0 Å². The van der Waals surface area contributed by atoms with Crippen molar-refractivity contribution in [2.24, 2.45) is 0 Å². The van der Waals surface area contributed by atoms with Crippen molar-refractivity contribution in [2.45, 2.75) is 13.8 Å². The van der Waals surface area contributed by atoms with E-state index in [1.54, 1.807) is 23.7 Å². The summed E-state index contributed by atoms with van der Waals surface area (Å²) in [5.74, 6) is 1.73. The number of anilines is 2. The smallest absolute Gasteiger partial charge is 0.225 e. The number of thiophene rings is 1. The lowest BCUT2D eigenvalue weighted by Gasteiger charge is -2.35. The predicted octanol–water partition coefficient (Wildman–Crippen LogP) is 3.08. The van der Waals surface area contributed by atoms with Gasteiger partial charge >= 0.3 is 0 Å². The van der Waals surface area contributed by atoms with E-state index in [0.717, 1.165) is 48.2 Å². The molecular formula is C16H17ClN6S. The van der Waals surface area contributed by atoms with Gasteiger partial charge in [-0.15, -0.1) is 11.3 Å². The number of halogens is 1. The lowest BCUT2D eigenvalue weighted by molar-refractivity contribution is 0.636. The van der Waals surface area contributed by atoms with E-state index < -0.39 is 0 Å². The van der Waals surface area contributed by atoms with Crippen molar-refractivity contribution < 1.29 is 0 Å². The van der Waals surface area contributed by atoms with Crippen LogP contribution in [0.15, 0.2) is 18.5 Å². The Morgan fingerprint density at radius 2 is 1.67 bits per heavy atom. The number of piperazine rings is 1. The number of fused-ring (bicyclic) bond motifs is 1. The number of aryl methyl sites for hydroxylation is 2. The van der Waals surface area contributed by atoms with Gasteiger partial charge in [0.1, 0.15) is 10.6 Å². The average Bonchev–Trinajstić information content (AvgIpc) is 2.89. The maximum Gasteiger partial charge on any atom is 0.225 e. The first-order valence-corrected chi connectivity index (χ1v) is 9.03. The van der Waals surface area contributed by atoms with Gasteiger partial charge in [-0.1, -0.05) is 0 Å². The third kappa shape index (κ3) is 2.67. The second-order valence-electron chi connectivity index (χ2n) is 5.80. The summed E-state index contributed by atoms with van der Waals surface area (Å²) in [7, 11) is 0. The second-order valence-corrected chi connectivity index (χ2v) is 7.34. The van der Waals surface area contributed by atoms with Gasteiger partial charge < -0.3 is 9.80 Å². The van der Waals surface area contributed by atoms with Crippen LogP contribution in [-0.4, -0.2) is 46.1 Å². The Kier molecular flexibility index (Phi) is 3.97. The quantitative estimate of drug-likeness (QED) is 0.654. The fourth-order valence-corrected chi connectivity index (χ4v) is 4.24. The molecule has 0 unspecified atom stereocenters. The molecule has 1 fully saturated rings. The fourth-order valence-electron chi connectivity index (χ4n) is 3.00. The van der Waals surface area contributed by atoms with Crippen LogP contribution in [0.3, 0.4) is 0 Å². The van der Waals surface area contributed by atoms with Crippen LogP contribution in [0.1, 0.15) is 10.4 Å². The summed E-state index contributed by atoms with van der Waals surface area (Å²) in [6.45, 7) is 7.67. The van der Waals surface area contributed by atoms with Crippen molar-refractivity contribution in [2.75, 3.05) is 36.0 Å². The Bertz CT molecular complexity index is 873. The first kappa shape index (κ1) is 15.5. The molecule has 0 aliphatic carbocycles. The number of rotatable bonds is 2. The predicted molar refractivity (Wildman–Crippen MR) is 98.4 cm³/mol. The maximum absolute atomic E-state index is 6.16. The molecule has 1 aliphatic heterocycles. The molecular weight excluding hydrogens is 344 g/mol. The van der Waals surface area contributed by atoms with E-state index in [2.05, 4.69) is 43.6 Å². The van der Waals surface area contributed by atoms with E-state index in [9.17, 15) is 0 Å². The van der Waals surface area contributed by atoms with Crippen LogP contribution in [0.4, 0.5) is 11.8 Å². The van der Waals surface area contributed by atoms with Crippen LogP contribution < -0.4 is 9.80 Å². The van der Waals surface area contributed by atoms with Crippen LogP contribution in [0.25, 0.3) is 10.2 Å². The number of hydrogen-bond donors (Lipinski definition) is 0. The molecule has 24 heavy (non-hydrogen) atoms. The SMILES string of the molecule is Cc1sc2nc(Cl)nc(N3CCN(c4ncccn4)CC3)c2c1C. The van der Waals surface area contributed by atoms with Crippen molar-refractivity contribution >= 4 is 44.9 Å². The highest BCUT2D eigenvalue weighted by atomic mass is 35.5. The Balaban J connectivity index is 1.63. The first-order chi connectivity index (χ1) is 11.6. The highest BCUT2D eigenvalue weighted by molar-refractivity contribution is 7.18. The topological polar surface area (TPSA) is 58.0 Å². The lowest BCUT2D eigenvalue weighted by Crippen LogP contribution is -2.47. The van der Waals surface area contributed by atoms with Crippen LogP contribution in [0.2, 0.25) is 5.28 Å². The molecule has 8 heteroatoms. The monoisotopic (exact) mass is 360 g/mol. The number of aromatic nitrogens is 4. The molecule has 1 saturated heterocycles. The molecule has 6 nitrogen and oxygen atoms in total. The van der Waals surface area contributed by atoms with Crippen molar-refractivity contribution in [1.82, 2.24) is 19.9 Å². The zero-order valence-electron chi connectivity index (χ0n) is 13.5. The summed E-state index contributed by atoms with van der Waals surface area (Å²) in [5.41, 5.74) is 1.25. The fraction of sp³-hybridized carbons (Fsp3) is 0.375. The van der Waals surface area contributed by atoms with E-state index in [-0.39, 0.29) is 0 Å². The molecule has 3 aromatic rings. The summed E-state index contributed by atoms with van der Waals surface area (Å²) < 4.78 is 0. The zero-order valence-corrected chi connectivity index (χ0v) is 15.1. The van der Waals surface area contributed by atoms with E-state index in [1.807, 2.05) is 6.07 Å². The van der Waals surface area contributed by atoms with E-state index in [0.29, 0.717) is 5.28 Å². The normalized spacial score (nSPS) is 15.3. The Hall–Kier alpha value is -1.99. The largest absolute Gasteiger partial charge is 0.352 e. The van der Waals surface area contributed by atoms with E-state index >= 15 is 0 Å². The number of hydrogen-bond acceptors (Lipinski definition) is 7. The molecule has 0 saturated carbocycles. The second kappa shape index (κ2) is 6.14. The molecule has 0 aromatic carbocycles. The van der Waals surface area contributed by atoms with E-state index in [4.69, 9.17) is 11.6 Å². The lowest BCUT2D eigenvalue weighted by atomic mass is 10.2. The molecule has 0 bridgehead atoms. The molecule has 0 spiro atoms. The highest BCUT2D eigenvalue weighted by Gasteiger charge is 2.24. The minimum Gasteiger partial charge on any atom is -0.352 e. The first-order valence-electron chi connectivity index (χ1n) is 7.83. The van der Waals surface area contributed by atoms with Gasteiger partial charge in [-0.05, 0) is 37.1 Å². The molecule has 4 rings (SSSR count). The molecule has 4 heterocycles. The van der Waals surface area contributed by atoms with Gasteiger partial charge in [0.25, 0.3) is 0 Å². The Labute approximate surface area is 149 Å². The molecule has 1 aliphatic rings. The van der Waals surface area contributed by atoms with Crippen LogP contribution in [0.5, 0.6) is 0 Å². The molecule has 124 valence electrons. The van der Waals surface area contributed by atoms with Crippen LogP contribution in [0, 0.1) is 13.8 Å². The van der Waals surface area contributed by atoms with Crippen molar-refractivity contribution in [3.05, 3.63) is 34.2 Å². The molecule has 0 radical (unpaired) electrons. The van der Waals surface area contributed by atoms with Gasteiger partial charge in [-0.2, -0.15) is 4.98 Å². The summed E-state index contributed by atoms with van der Waals surface area (Å²) in [5, 5.41) is 1.44. The van der Waals surface area contributed by atoms with Gasteiger partial charge in [0.2, 0.25) is 11.2 Å². The van der Waals surface area contributed by atoms with Gasteiger partial charge in [0.05, 0.1) is 5.39 Å². The third-order valence-electron chi connectivity index (χ3n) is 4.40. The standard InChI is InChI=1S/C16H17ClN6S/c1-10-11(2)24-14-12(10)13(20-15(17)21-14)22-6-8-23(9-7-22)16-18-4-3-5-19-16/h3-5H,6-9H2,1-2H3. The molecule has 3 aromatic heterocycles.